The molecule has 0 aliphatic carbocycles. The second kappa shape index (κ2) is 28.3. The summed E-state index contributed by atoms with van der Waals surface area (Å²) < 4.78 is 0. The maximum atomic E-state index is 4.24. The van der Waals surface area contributed by atoms with Gasteiger partial charge in [-0.2, -0.15) is 0 Å². The van der Waals surface area contributed by atoms with Gasteiger partial charge in [-0.25, -0.2) is 0 Å². The zero-order valence-electron chi connectivity index (χ0n) is 32.0. The Hall–Kier alpha value is -4.68. The van der Waals surface area contributed by atoms with Crippen molar-refractivity contribution in [1.29, 1.82) is 0 Å². The summed E-state index contributed by atoms with van der Waals surface area (Å²) in [6.45, 7) is 33.0. The van der Waals surface area contributed by atoms with Crippen LogP contribution in [0.1, 0.15) is 79.4 Å². The normalized spacial score (nSPS) is 13.4. The molecule has 0 saturated heterocycles. The molecule has 2 aromatic carbocycles. The Bertz CT molecular complexity index is 1500. The zero-order chi connectivity index (χ0) is 36.9. The number of aryl methyl sites for hydroxylation is 1. The zero-order valence-corrected chi connectivity index (χ0v) is 32.0. The van der Waals surface area contributed by atoms with Gasteiger partial charge in [-0.1, -0.05) is 198 Å². The van der Waals surface area contributed by atoms with E-state index in [-0.39, 0.29) is 5.92 Å². The molecule has 0 heterocycles. The van der Waals surface area contributed by atoms with E-state index < -0.39 is 0 Å². The van der Waals surface area contributed by atoms with E-state index in [9.17, 15) is 0 Å². The molecule has 0 aliphatic rings. The molecule has 0 bridgehead atoms. The van der Waals surface area contributed by atoms with E-state index >= 15 is 0 Å². The van der Waals surface area contributed by atoms with Crippen LogP contribution in [-0.2, 0) is 12.8 Å². The highest BCUT2D eigenvalue weighted by Crippen LogP contribution is 2.32. The summed E-state index contributed by atoms with van der Waals surface area (Å²) in [5, 5.41) is 0. The first-order valence-electron chi connectivity index (χ1n) is 17.7. The number of benzene rings is 2. The predicted octanol–water partition coefficient (Wildman–Crippen LogP) is 14.8. The summed E-state index contributed by atoms with van der Waals surface area (Å²) in [6, 6.07) is 20.9. The summed E-state index contributed by atoms with van der Waals surface area (Å²) in [5.74, 6) is 0.143. The van der Waals surface area contributed by atoms with Crippen molar-refractivity contribution in [3.8, 4) is 0 Å². The standard InChI is InChI=1S/C36H44.C8H10.C5H10/c1-9-22-30(7)34(12-4)35(13-5)36(23-10-2)31(8)33(28-29(6)11-3)27-21-16-14-15-18-24-32-25-19-17-20-26-32;1-2-8-6-4-3-5-7-8;1-4-5(2)3/h9-10,12-23,25-28,31H,4-6,11,24H2,1-3,7-8H3;3-7H,2H2,1H3;2,4H2,1,3H3/b16-14+,18-15+,22-9-,23-10-,27-21-,33-28+,34-30+,36-35-;;. The third-order valence-electron chi connectivity index (χ3n) is 7.80. The maximum Gasteiger partial charge on any atom is 0.00671 e. The largest absolute Gasteiger partial charge is 0.100 e. The van der Waals surface area contributed by atoms with Crippen LogP contribution >= 0.6 is 0 Å². The Kier molecular flexibility index (Phi) is 25.6. The minimum absolute atomic E-state index is 0.143. The smallest absolute Gasteiger partial charge is 0.00671 e. The van der Waals surface area contributed by atoms with Gasteiger partial charge in [-0.05, 0) is 92.4 Å². The Balaban J connectivity index is 0.00000147. The molecule has 0 fully saturated rings. The van der Waals surface area contributed by atoms with Gasteiger partial charge in [0, 0.05) is 5.92 Å². The van der Waals surface area contributed by atoms with Crippen molar-refractivity contribution in [3.05, 3.63) is 216 Å². The third kappa shape index (κ3) is 19.7. The molecule has 1 atom stereocenters. The molecule has 0 heteroatoms. The van der Waals surface area contributed by atoms with Gasteiger partial charge < -0.3 is 0 Å². The van der Waals surface area contributed by atoms with Gasteiger partial charge in [0.15, 0.2) is 0 Å². The number of hydrogen-bond donors (Lipinski definition) is 0. The van der Waals surface area contributed by atoms with E-state index in [4.69, 9.17) is 0 Å². The van der Waals surface area contributed by atoms with Crippen molar-refractivity contribution in [2.24, 2.45) is 5.92 Å². The van der Waals surface area contributed by atoms with Crippen LogP contribution in [0.3, 0.4) is 0 Å². The highest BCUT2D eigenvalue weighted by molar-refractivity contribution is 5.57. The lowest BCUT2D eigenvalue weighted by Gasteiger charge is -2.20. The SMILES string of the molecule is C=C(C)CC.C=CC(=C(\C=C/C)C(C)C(/C=C\C=C\C=C\Cc1ccccc1)=C/C(=C)CC)/C(C=C)=C(C)/C=C\C.CCc1ccccc1. The van der Waals surface area contributed by atoms with E-state index in [0.29, 0.717) is 0 Å². The molecule has 0 N–H and O–H groups in total. The lowest BCUT2D eigenvalue weighted by molar-refractivity contribution is 0.837. The van der Waals surface area contributed by atoms with Crippen molar-refractivity contribution in [2.45, 2.75) is 81.1 Å². The van der Waals surface area contributed by atoms with Gasteiger partial charge in [0.25, 0.3) is 0 Å². The van der Waals surface area contributed by atoms with Crippen molar-refractivity contribution in [3.63, 3.8) is 0 Å². The topological polar surface area (TPSA) is 0 Å². The first-order valence-corrected chi connectivity index (χ1v) is 17.7. The van der Waals surface area contributed by atoms with Crippen LogP contribution in [0.2, 0.25) is 0 Å². The molecule has 2 aromatic rings. The molecule has 0 saturated carbocycles. The van der Waals surface area contributed by atoms with Gasteiger partial charge in [-0.3, -0.25) is 0 Å². The van der Waals surface area contributed by atoms with Crippen molar-refractivity contribution >= 4 is 0 Å². The van der Waals surface area contributed by atoms with Crippen LogP contribution in [0, 0.1) is 5.92 Å². The molecule has 0 spiro atoms. The molecule has 0 aliphatic heterocycles. The van der Waals surface area contributed by atoms with Gasteiger partial charge in [0.05, 0.1) is 0 Å². The highest BCUT2D eigenvalue weighted by atomic mass is 14.2. The van der Waals surface area contributed by atoms with Crippen LogP contribution in [0.25, 0.3) is 0 Å². The molecular weight excluding hydrogens is 589 g/mol. The molecule has 1 unspecified atom stereocenters. The summed E-state index contributed by atoms with van der Waals surface area (Å²) in [7, 11) is 0. The number of allylic oxidation sites excluding steroid dienone is 20. The van der Waals surface area contributed by atoms with Crippen molar-refractivity contribution in [1.82, 2.24) is 0 Å². The average molecular weight is 653 g/mol. The summed E-state index contributed by atoms with van der Waals surface area (Å²) in [5.41, 5.74) is 10.9. The molecule has 0 amide bonds. The molecule has 49 heavy (non-hydrogen) atoms. The molecule has 0 radical (unpaired) electrons. The second-order valence-corrected chi connectivity index (χ2v) is 11.8. The maximum absolute atomic E-state index is 4.24. The first kappa shape index (κ1) is 44.3. The Morgan fingerprint density at radius 1 is 0.673 bits per heavy atom. The monoisotopic (exact) mass is 653 g/mol. The van der Waals surface area contributed by atoms with E-state index in [1.165, 1.54) is 33.4 Å². The van der Waals surface area contributed by atoms with Crippen LogP contribution in [0.4, 0.5) is 0 Å². The lowest BCUT2D eigenvalue weighted by Crippen LogP contribution is -2.05. The number of hydrogen-bond acceptors (Lipinski definition) is 0. The van der Waals surface area contributed by atoms with Gasteiger partial charge in [0.1, 0.15) is 0 Å². The van der Waals surface area contributed by atoms with E-state index in [2.05, 4.69) is 183 Å². The predicted molar refractivity (Wildman–Crippen MR) is 225 cm³/mol. The van der Waals surface area contributed by atoms with Gasteiger partial charge in [0.2, 0.25) is 0 Å². The number of rotatable bonds is 16. The van der Waals surface area contributed by atoms with E-state index in [0.717, 1.165) is 42.4 Å². The van der Waals surface area contributed by atoms with E-state index in [1.54, 1.807) is 0 Å². The molecule has 2 rings (SSSR count). The first-order chi connectivity index (χ1) is 23.6. The fraction of sp³-hybridized carbons (Fsp3) is 0.265. The Morgan fingerprint density at radius 3 is 1.65 bits per heavy atom. The minimum Gasteiger partial charge on any atom is -0.100 e. The summed E-state index contributed by atoms with van der Waals surface area (Å²) in [4.78, 5) is 0. The molecular formula is C49H64. The van der Waals surface area contributed by atoms with Crippen LogP contribution in [-0.4, -0.2) is 0 Å². The van der Waals surface area contributed by atoms with Crippen LogP contribution in [0.5, 0.6) is 0 Å². The fourth-order valence-electron chi connectivity index (χ4n) is 4.59. The minimum atomic E-state index is 0.143. The second-order valence-electron chi connectivity index (χ2n) is 11.8. The van der Waals surface area contributed by atoms with Crippen LogP contribution < -0.4 is 0 Å². The van der Waals surface area contributed by atoms with E-state index in [1.807, 2.05) is 38.1 Å². The molecule has 0 aromatic heterocycles. The van der Waals surface area contributed by atoms with Crippen molar-refractivity contribution < 1.29 is 0 Å². The third-order valence-corrected chi connectivity index (χ3v) is 7.80. The Labute approximate surface area is 302 Å². The Morgan fingerprint density at radius 2 is 1.20 bits per heavy atom. The molecule has 260 valence electrons. The van der Waals surface area contributed by atoms with Crippen molar-refractivity contribution in [2.75, 3.05) is 0 Å². The van der Waals surface area contributed by atoms with Crippen LogP contribution in [0.15, 0.2) is 205 Å². The van der Waals surface area contributed by atoms with Gasteiger partial charge >= 0.3 is 0 Å². The quantitative estimate of drug-likeness (QED) is 0.125. The van der Waals surface area contributed by atoms with Gasteiger partial charge in [-0.15, -0.1) is 6.58 Å². The highest BCUT2D eigenvalue weighted by Gasteiger charge is 2.16. The fourth-order valence-corrected chi connectivity index (χ4v) is 4.59. The average Bonchev–Trinajstić information content (AvgIpc) is 3.13. The summed E-state index contributed by atoms with van der Waals surface area (Å²) >= 11 is 0. The summed E-state index contributed by atoms with van der Waals surface area (Å²) in [6.07, 6.45) is 31.4. The lowest BCUT2D eigenvalue weighted by atomic mass is 9.84. The molecule has 0 nitrogen and oxygen atoms in total.